The number of amides is 1. The van der Waals surface area contributed by atoms with Gasteiger partial charge in [-0.3, -0.25) is 9.69 Å². The number of fused-ring (bicyclic) bond motifs is 1. The van der Waals surface area contributed by atoms with Gasteiger partial charge in [0.25, 0.3) is 5.91 Å². The smallest absolute Gasteiger partial charge is 0.260 e. The van der Waals surface area contributed by atoms with Crippen molar-refractivity contribution in [1.29, 1.82) is 0 Å². The normalized spacial score (nSPS) is 13.4. The first-order chi connectivity index (χ1) is 18.4. The van der Waals surface area contributed by atoms with Gasteiger partial charge in [0, 0.05) is 43.7 Å². The molecule has 2 heterocycles. The molecule has 0 saturated heterocycles. The van der Waals surface area contributed by atoms with E-state index in [1.54, 1.807) is 6.92 Å². The number of hydrogen-bond acceptors (Lipinski definition) is 3. The summed E-state index contributed by atoms with van der Waals surface area (Å²) in [5, 5.41) is 4.82. The number of hydrogen-bond donors (Lipinski definition) is 0. The predicted octanol–water partition coefficient (Wildman–Crippen LogP) is 5.65. The third-order valence-corrected chi connectivity index (χ3v) is 6.81. The molecular formula is C29H26F4N4O. The first-order valence-electron chi connectivity index (χ1n) is 12.4. The second kappa shape index (κ2) is 10.8. The van der Waals surface area contributed by atoms with Gasteiger partial charge in [-0.15, -0.1) is 0 Å². The highest BCUT2D eigenvalue weighted by Gasteiger charge is 2.29. The van der Waals surface area contributed by atoms with Gasteiger partial charge < -0.3 is 4.90 Å². The van der Waals surface area contributed by atoms with Crippen LogP contribution in [0.1, 0.15) is 39.8 Å². The van der Waals surface area contributed by atoms with Crippen molar-refractivity contribution in [2.45, 2.75) is 33.0 Å². The number of benzene rings is 3. The minimum atomic E-state index is -0.923. The predicted molar refractivity (Wildman–Crippen MR) is 135 cm³/mol. The van der Waals surface area contributed by atoms with Gasteiger partial charge in [-0.05, 0) is 49.4 Å². The van der Waals surface area contributed by atoms with Gasteiger partial charge >= 0.3 is 0 Å². The van der Waals surface area contributed by atoms with Crippen LogP contribution in [0, 0.1) is 23.3 Å². The van der Waals surface area contributed by atoms with Crippen molar-refractivity contribution >= 4 is 5.91 Å². The first kappa shape index (κ1) is 25.7. The van der Waals surface area contributed by atoms with Gasteiger partial charge in [0.05, 0.1) is 23.6 Å². The lowest BCUT2D eigenvalue weighted by Gasteiger charge is -2.28. The molecule has 0 atom stereocenters. The summed E-state index contributed by atoms with van der Waals surface area (Å²) >= 11 is 0. The van der Waals surface area contributed by atoms with Gasteiger partial charge in [-0.25, -0.2) is 22.2 Å². The summed E-state index contributed by atoms with van der Waals surface area (Å²) in [5.41, 5.74) is 2.88. The summed E-state index contributed by atoms with van der Waals surface area (Å²) in [6.45, 7) is 3.17. The highest BCUT2D eigenvalue weighted by Crippen LogP contribution is 2.28. The van der Waals surface area contributed by atoms with Crippen molar-refractivity contribution in [3.63, 3.8) is 0 Å². The Bertz CT molecular complexity index is 1450. The Hall–Kier alpha value is -3.98. The quantitative estimate of drug-likeness (QED) is 0.295. The van der Waals surface area contributed by atoms with E-state index in [0.29, 0.717) is 25.2 Å². The van der Waals surface area contributed by atoms with E-state index in [9.17, 15) is 22.4 Å². The fourth-order valence-corrected chi connectivity index (χ4v) is 4.86. The number of carbonyl (C=O) groups excluding carboxylic acids is 1. The van der Waals surface area contributed by atoms with Crippen LogP contribution < -0.4 is 0 Å². The van der Waals surface area contributed by atoms with Crippen LogP contribution in [0.2, 0.25) is 0 Å². The van der Waals surface area contributed by atoms with Gasteiger partial charge in [0.2, 0.25) is 0 Å². The topological polar surface area (TPSA) is 41.4 Å². The van der Waals surface area contributed by atoms with E-state index in [1.165, 1.54) is 17.0 Å². The van der Waals surface area contributed by atoms with E-state index in [-0.39, 0.29) is 25.2 Å². The molecule has 0 aliphatic carbocycles. The number of nitrogens with zero attached hydrogens (tertiary/aromatic N) is 4. The van der Waals surface area contributed by atoms with Gasteiger partial charge in [-0.1, -0.05) is 24.3 Å². The minimum Gasteiger partial charge on any atom is -0.333 e. The van der Waals surface area contributed by atoms with Gasteiger partial charge in [-0.2, -0.15) is 5.10 Å². The van der Waals surface area contributed by atoms with Crippen molar-refractivity contribution < 1.29 is 22.4 Å². The Morgan fingerprint density at radius 1 is 0.947 bits per heavy atom. The van der Waals surface area contributed by atoms with E-state index >= 15 is 0 Å². The number of aromatic nitrogens is 2. The summed E-state index contributed by atoms with van der Waals surface area (Å²) in [6.07, 6.45) is 0.593. The van der Waals surface area contributed by atoms with Crippen molar-refractivity contribution in [2.24, 2.45) is 0 Å². The lowest BCUT2D eigenvalue weighted by Crippen LogP contribution is -2.34. The van der Waals surface area contributed by atoms with E-state index in [2.05, 4.69) is 0 Å². The number of rotatable bonds is 7. The Morgan fingerprint density at radius 2 is 1.68 bits per heavy atom. The van der Waals surface area contributed by atoms with Gasteiger partial charge in [0.15, 0.2) is 0 Å². The largest absolute Gasteiger partial charge is 0.333 e. The molecule has 1 aliphatic heterocycles. The zero-order valence-corrected chi connectivity index (χ0v) is 20.8. The number of carbonyl (C=O) groups is 1. The summed E-state index contributed by atoms with van der Waals surface area (Å²) in [7, 11) is 0. The minimum absolute atomic E-state index is 0.0352. The number of para-hydroxylation sites is 1. The lowest BCUT2D eigenvalue weighted by atomic mass is 10.0. The molecule has 9 heteroatoms. The molecule has 3 aromatic carbocycles. The van der Waals surface area contributed by atoms with Crippen molar-refractivity contribution in [1.82, 2.24) is 19.6 Å². The molecule has 0 fully saturated rings. The Morgan fingerprint density at radius 3 is 2.39 bits per heavy atom. The maximum Gasteiger partial charge on any atom is 0.260 e. The maximum atomic E-state index is 14.4. The molecule has 0 radical (unpaired) electrons. The summed E-state index contributed by atoms with van der Waals surface area (Å²) in [5.74, 6) is -3.59. The summed E-state index contributed by atoms with van der Waals surface area (Å²) in [6, 6.07) is 16.3. The molecule has 38 heavy (non-hydrogen) atoms. The molecule has 0 bridgehead atoms. The molecule has 5 nitrogen and oxygen atoms in total. The third kappa shape index (κ3) is 5.06. The molecular weight excluding hydrogens is 496 g/mol. The molecule has 0 saturated carbocycles. The average Bonchev–Trinajstić information content (AvgIpc) is 3.27. The van der Waals surface area contributed by atoms with Gasteiger partial charge in [0.1, 0.15) is 28.8 Å². The molecule has 5 rings (SSSR count). The summed E-state index contributed by atoms with van der Waals surface area (Å²) < 4.78 is 58.7. The van der Waals surface area contributed by atoms with Crippen LogP contribution in [0.4, 0.5) is 17.6 Å². The average molecular weight is 523 g/mol. The Kier molecular flexibility index (Phi) is 7.28. The highest BCUT2D eigenvalue weighted by atomic mass is 19.1. The molecule has 1 amide bonds. The van der Waals surface area contributed by atoms with Crippen LogP contribution >= 0.6 is 0 Å². The summed E-state index contributed by atoms with van der Waals surface area (Å²) in [4.78, 5) is 16.5. The molecule has 1 aliphatic rings. The van der Waals surface area contributed by atoms with Crippen LogP contribution in [0.3, 0.4) is 0 Å². The SMILES string of the molecule is CCN(Cc1nn(-c2ccccc2)c2c1CN(Cc1cc(F)ccc1F)CC2)C(=O)c1c(F)cccc1F. The first-order valence-corrected chi connectivity index (χ1v) is 12.4. The monoisotopic (exact) mass is 522 g/mol. The molecule has 0 unspecified atom stereocenters. The van der Waals surface area contributed by atoms with Crippen LogP contribution in [0.25, 0.3) is 5.69 Å². The van der Waals surface area contributed by atoms with Crippen LogP contribution in [-0.4, -0.2) is 38.6 Å². The molecule has 0 N–H and O–H groups in total. The Balaban J connectivity index is 1.49. The second-order valence-electron chi connectivity index (χ2n) is 9.23. The number of halogens is 4. The fraction of sp³-hybridized carbons (Fsp3) is 0.241. The molecule has 4 aromatic rings. The fourth-order valence-electron chi connectivity index (χ4n) is 4.86. The third-order valence-electron chi connectivity index (χ3n) is 6.81. The van der Waals surface area contributed by atoms with Crippen LogP contribution in [-0.2, 0) is 26.1 Å². The van der Waals surface area contributed by atoms with E-state index in [4.69, 9.17) is 5.10 Å². The lowest BCUT2D eigenvalue weighted by molar-refractivity contribution is 0.0739. The van der Waals surface area contributed by atoms with Crippen molar-refractivity contribution in [2.75, 3.05) is 13.1 Å². The standard InChI is InChI=1S/C29H26F4N4O/c1-2-36(29(38)28-24(32)9-6-10-25(28)33)18-26-22-17-35(16-19-15-20(30)11-12-23(19)31)14-13-27(22)37(34-26)21-7-4-3-5-8-21/h3-12,15H,2,13-14,16-18H2,1H3. The van der Waals surface area contributed by atoms with E-state index in [1.807, 2.05) is 39.9 Å². The zero-order chi connectivity index (χ0) is 26.8. The highest BCUT2D eigenvalue weighted by molar-refractivity contribution is 5.94. The molecule has 0 spiro atoms. The van der Waals surface area contributed by atoms with Crippen LogP contribution in [0.5, 0.6) is 0 Å². The second-order valence-corrected chi connectivity index (χ2v) is 9.23. The molecule has 196 valence electrons. The maximum absolute atomic E-state index is 14.4. The van der Waals surface area contributed by atoms with E-state index in [0.717, 1.165) is 41.2 Å². The molecule has 1 aromatic heterocycles. The Labute approximate surface area is 217 Å². The van der Waals surface area contributed by atoms with Crippen molar-refractivity contribution in [3.05, 3.63) is 118 Å². The zero-order valence-electron chi connectivity index (χ0n) is 20.8. The van der Waals surface area contributed by atoms with E-state index < -0.39 is 34.7 Å². The van der Waals surface area contributed by atoms with Crippen molar-refractivity contribution in [3.8, 4) is 5.69 Å². The van der Waals surface area contributed by atoms with Crippen LogP contribution in [0.15, 0.2) is 66.7 Å².